The Hall–Kier alpha value is -0.0800. The molecule has 0 aromatic heterocycles. The van der Waals surface area contributed by atoms with E-state index in [0.717, 1.165) is 0 Å². The SMILES string of the molecule is CC(C)(O)C(C)(C)N1CC2(CCC2)C1. The first-order chi connectivity index (χ1) is 6.27. The summed E-state index contributed by atoms with van der Waals surface area (Å²) in [4.78, 5) is 2.44. The molecule has 2 rings (SSSR count). The Morgan fingerprint density at radius 2 is 1.57 bits per heavy atom. The Morgan fingerprint density at radius 1 is 1.07 bits per heavy atom. The van der Waals surface area contributed by atoms with Crippen LogP contribution in [0.4, 0.5) is 0 Å². The van der Waals surface area contributed by atoms with Crippen molar-refractivity contribution in [3.63, 3.8) is 0 Å². The minimum absolute atomic E-state index is 0.0894. The Bertz CT molecular complexity index is 227. The van der Waals surface area contributed by atoms with Crippen molar-refractivity contribution in [1.29, 1.82) is 0 Å². The lowest BCUT2D eigenvalue weighted by Crippen LogP contribution is -2.70. The van der Waals surface area contributed by atoms with E-state index in [9.17, 15) is 5.11 Å². The fourth-order valence-electron chi connectivity index (χ4n) is 2.54. The highest BCUT2D eigenvalue weighted by atomic mass is 16.3. The van der Waals surface area contributed by atoms with Gasteiger partial charge in [-0.15, -0.1) is 0 Å². The maximum atomic E-state index is 10.1. The van der Waals surface area contributed by atoms with E-state index in [1.807, 2.05) is 13.8 Å². The number of likely N-dealkylation sites (tertiary alicyclic amines) is 1. The summed E-state index contributed by atoms with van der Waals surface area (Å²) in [5.41, 5.74) is -0.0469. The van der Waals surface area contributed by atoms with Crippen molar-refractivity contribution in [3.05, 3.63) is 0 Å². The molecule has 1 saturated carbocycles. The molecule has 1 spiro atoms. The van der Waals surface area contributed by atoms with Crippen molar-refractivity contribution in [2.75, 3.05) is 13.1 Å². The molecular formula is C12H23NO. The predicted octanol–water partition coefficient (Wildman–Crippen LogP) is 2.02. The minimum Gasteiger partial charge on any atom is -0.389 e. The Morgan fingerprint density at radius 3 is 1.86 bits per heavy atom. The molecular weight excluding hydrogens is 174 g/mol. The molecule has 0 bridgehead atoms. The Kier molecular flexibility index (Phi) is 2.04. The number of nitrogens with zero attached hydrogens (tertiary/aromatic N) is 1. The molecule has 0 radical (unpaired) electrons. The van der Waals surface area contributed by atoms with Crippen LogP contribution in [0.25, 0.3) is 0 Å². The highest BCUT2D eigenvalue weighted by molar-refractivity contribution is 5.08. The maximum Gasteiger partial charge on any atom is 0.0769 e. The van der Waals surface area contributed by atoms with Gasteiger partial charge >= 0.3 is 0 Å². The van der Waals surface area contributed by atoms with Crippen LogP contribution < -0.4 is 0 Å². The van der Waals surface area contributed by atoms with Crippen LogP contribution in [0.3, 0.4) is 0 Å². The van der Waals surface area contributed by atoms with Gasteiger partial charge in [-0.1, -0.05) is 6.42 Å². The molecule has 0 aromatic rings. The zero-order chi connectivity index (χ0) is 10.6. The first-order valence-corrected chi connectivity index (χ1v) is 5.74. The van der Waals surface area contributed by atoms with Gasteiger partial charge in [-0.05, 0) is 46.0 Å². The molecule has 1 N–H and O–H groups in total. The molecule has 0 aromatic carbocycles. The summed E-state index contributed by atoms with van der Waals surface area (Å²) < 4.78 is 0. The van der Waals surface area contributed by atoms with Gasteiger partial charge in [0.2, 0.25) is 0 Å². The molecule has 0 amide bonds. The van der Waals surface area contributed by atoms with Gasteiger partial charge in [0.05, 0.1) is 5.60 Å². The second-order valence-corrected chi connectivity index (χ2v) is 6.33. The number of rotatable bonds is 2. The largest absolute Gasteiger partial charge is 0.389 e. The van der Waals surface area contributed by atoms with Crippen LogP contribution in [0.2, 0.25) is 0 Å². The molecule has 1 saturated heterocycles. The van der Waals surface area contributed by atoms with Gasteiger partial charge in [0.25, 0.3) is 0 Å². The van der Waals surface area contributed by atoms with Gasteiger partial charge in [-0.25, -0.2) is 0 Å². The van der Waals surface area contributed by atoms with Crippen molar-refractivity contribution in [3.8, 4) is 0 Å². The van der Waals surface area contributed by atoms with Crippen LogP contribution in [0.1, 0.15) is 47.0 Å². The fraction of sp³-hybridized carbons (Fsp3) is 1.00. The zero-order valence-electron chi connectivity index (χ0n) is 9.93. The highest BCUT2D eigenvalue weighted by Gasteiger charge is 2.54. The quantitative estimate of drug-likeness (QED) is 0.732. The van der Waals surface area contributed by atoms with Crippen LogP contribution in [0.15, 0.2) is 0 Å². The van der Waals surface area contributed by atoms with E-state index < -0.39 is 5.60 Å². The molecule has 0 atom stereocenters. The molecule has 2 aliphatic rings. The van der Waals surface area contributed by atoms with E-state index in [0.29, 0.717) is 5.41 Å². The Balaban J connectivity index is 1.98. The molecule has 2 nitrogen and oxygen atoms in total. The van der Waals surface area contributed by atoms with Crippen LogP contribution in [0, 0.1) is 5.41 Å². The van der Waals surface area contributed by atoms with Gasteiger partial charge in [-0.2, -0.15) is 0 Å². The van der Waals surface area contributed by atoms with Gasteiger partial charge in [0.1, 0.15) is 0 Å². The monoisotopic (exact) mass is 197 g/mol. The summed E-state index contributed by atoms with van der Waals surface area (Å²) in [6.07, 6.45) is 4.23. The smallest absolute Gasteiger partial charge is 0.0769 e. The molecule has 2 heteroatoms. The summed E-state index contributed by atoms with van der Waals surface area (Å²) in [5, 5.41) is 10.1. The van der Waals surface area contributed by atoms with Gasteiger partial charge in [0.15, 0.2) is 0 Å². The highest BCUT2D eigenvalue weighted by Crippen LogP contribution is 2.51. The molecule has 1 heterocycles. The molecule has 1 aliphatic heterocycles. The Labute approximate surface area is 87.3 Å². The van der Waals surface area contributed by atoms with E-state index in [1.54, 1.807) is 0 Å². The fourth-order valence-corrected chi connectivity index (χ4v) is 2.54. The summed E-state index contributed by atoms with van der Waals surface area (Å²) >= 11 is 0. The zero-order valence-corrected chi connectivity index (χ0v) is 9.93. The van der Waals surface area contributed by atoms with Crippen LogP contribution >= 0.6 is 0 Å². The average molecular weight is 197 g/mol. The molecule has 82 valence electrons. The predicted molar refractivity (Wildman–Crippen MR) is 58.2 cm³/mol. The first kappa shape index (κ1) is 10.4. The third kappa shape index (κ3) is 1.31. The van der Waals surface area contributed by atoms with E-state index in [1.165, 1.54) is 32.4 Å². The number of hydrogen-bond donors (Lipinski definition) is 1. The number of aliphatic hydroxyl groups is 1. The van der Waals surface area contributed by atoms with Crippen molar-refractivity contribution < 1.29 is 5.11 Å². The molecule has 2 fully saturated rings. The summed E-state index contributed by atoms with van der Waals surface area (Å²) in [6.45, 7) is 10.5. The second kappa shape index (κ2) is 2.73. The topological polar surface area (TPSA) is 23.5 Å². The lowest BCUT2D eigenvalue weighted by atomic mass is 9.61. The lowest BCUT2D eigenvalue weighted by Gasteiger charge is -2.63. The van der Waals surface area contributed by atoms with E-state index >= 15 is 0 Å². The van der Waals surface area contributed by atoms with Gasteiger partial charge in [-0.3, -0.25) is 4.90 Å². The van der Waals surface area contributed by atoms with Crippen LogP contribution in [-0.4, -0.2) is 34.2 Å². The third-order valence-electron chi connectivity index (χ3n) is 4.75. The summed E-state index contributed by atoms with van der Waals surface area (Å²) in [6, 6.07) is 0. The van der Waals surface area contributed by atoms with Crippen molar-refractivity contribution in [1.82, 2.24) is 4.90 Å². The molecule has 0 unspecified atom stereocenters. The van der Waals surface area contributed by atoms with Crippen molar-refractivity contribution in [2.45, 2.75) is 58.1 Å². The second-order valence-electron chi connectivity index (χ2n) is 6.33. The van der Waals surface area contributed by atoms with Gasteiger partial charge in [0, 0.05) is 18.6 Å². The first-order valence-electron chi connectivity index (χ1n) is 5.74. The summed E-state index contributed by atoms with van der Waals surface area (Å²) in [5.74, 6) is 0. The molecule has 1 aliphatic carbocycles. The van der Waals surface area contributed by atoms with Crippen molar-refractivity contribution in [2.24, 2.45) is 5.41 Å². The lowest BCUT2D eigenvalue weighted by molar-refractivity contribution is -0.166. The summed E-state index contributed by atoms with van der Waals surface area (Å²) in [7, 11) is 0. The van der Waals surface area contributed by atoms with E-state index in [-0.39, 0.29) is 5.54 Å². The maximum absolute atomic E-state index is 10.1. The molecule has 14 heavy (non-hydrogen) atoms. The normalized spacial score (nSPS) is 27.2. The third-order valence-corrected chi connectivity index (χ3v) is 4.75. The van der Waals surface area contributed by atoms with Gasteiger partial charge < -0.3 is 5.11 Å². The average Bonchev–Trinajstić information content (AvgIpc) is 1.75. The van der Waals surface area contributed by atoms with Crippen LogP contribution in [-0.2, 0) is 0 Å². The van der Waals surface area contributed by atoms with E-state index in [4.69, 9.17) is 0 Å². The van der Waals surface area contributed by atoms with Crippen LogP contribution in [0.5, 0.6) is 0 Å². The standard InChI is InChI=1S/C12H23NO/c1-10(2,11(3,4)14)13-8-12(9-13)6-5-7-12/h14H,5-9H2,1-4H3. The minimum atomic E-state index is -0.613. The number of hydrogen-bond acceptors (Lipinski definition) is 2. The van der Waals surface area contributed by atoms with E-state index in [2.05, 4.69) is 18.7 Å². The van der Waals surface area contributed by atoms with Crippen molar-refractivity contribution >= 4 is 0 Å².